The lowest BCUT2D eigenvalue weighted by atomic mass is 9.73. The first kappa shape index (κ1) is 15.0. The van der Waals surface area contributed by atoms with Crippen molar-refractivity contribution >= 4 is 5.97 Å². The van der Waals surface area contributed by atoms with Gasteiger partial charge in [0.15, 0.2) is 0 Å². The van der Waals surface area contributed by atoms with Crippen LogP contribution in [0.15, 0.2) is 24.3 Å². The van der Waals surface area contributed by atoms with Crippen molar-refractivity contribution in [1.29, 1.82) is 0 Å². The van der Waals surface area contributed by atoms with Crippen molar-refractivity contribution in [3.05, 3.63) is 35.4 Å². The van der Waals surface area contributed by atoms with Gasteiger partial charge in [0.2, 0.25) is 0 Å². The number of aromatic carboxylic acids is 1. The topological polar surface area (TPSA) is 69.6 Å². The summed E-state index contributed by atoms with van der Waals surface area (Å²) in [6.45, 7) is 3.62. The van der Waals surface area contributed by atoms with Crippen LogP contribution < -0.4 is 5.32 Å². The maximum Gasteiger partial charge on any atom is 0.335 e. The molecule has 1 aliphatic rings. The summed E-state index contributed by atoms with van der Waals surface area (Å²) in [5.74, 6) is -0.901. The van der Waals surface area contributed by atoms with Crippen LogP contribution in [0.1, 0.15) is 48.5 Å². The second-order valence-electron chi connectivity index (χ2n) is 6.02. The summed E-state index contributed by atoms with van der Waals surface area (Å²) in [5.41, 5.74) is 1.33. The number of carboxylic acids is 1. The lowest BCUT2D eigenvalue weighted by molar-refractivity contribution is 0.00115. The fourth-order valence-electron chi connectivity index (χ4n) is 2.85. The van der Waals surface area contributed by atoms with E-state index in [1.54, 1.807) is 12.1 Å². The molecule has 0 radical (unpaired) electrons. The van der Waals surface area contributed by atoms with Crippen LogP contribution in [0, 0.1) is 5.41 Å². The molecule has 110 valence electrons. The van der Waals surface area contributed by atoms with Crippen LogP contribution in [0.4, 0.5) is 0 Å². The summed E-state index contributed by atoms with van der Waals surface area (Å²) >= 11 is 0. The van der Waals surface area contributed by atoms with Gasteiger partial charge in [0.25, 0.3) is 0 Å². The molecule has 0 amide bonds. The first-order valence-electron chi connectivity index (χ1n) is 7.22. The number of nitrogens with one attached hydrogen (secondary N) is 1. The zero-order chi connectivity index (χ0) is 14.6. The van der Waals surface area contributed by atoms with E-state index in [1.807, 2.05) is 12.1 Å². The molecule has 0 aliphatic heterocycles. The Hall–Kier alpha value is -1.39. The van der Waals surface area contributed by atoms with Gasteiger partial charge in [-0.05, 0) is 30.5 Å². The quantitative estimate of drug-likeness (QED) is 0.773. The smallest absolute Gasteiger partial charge is 0.335 e. The summed E-state index contributed by atoms with van der Waals surface area (Å²) in [6.07, 6.45) is 4.03. The number of aliphatic hydroxyl groups excluding tert-OH is 1. The van der Waals surface area contributed by atoms with Crippen LogP contribution in [-0.2, 0) is 6.54 Å². The summed E-state index contributed by atoms with van der Waals surface area (Å²) in [4.78, 5) is 10.8. The van der Waals surface area contributed by atoms with Gasteiger partial charge in [-0.2, -0.15) is 0 Å². The highest BCUT2D eigenvalue weighted by Crippen LogP contribution is 2.35. The van der Waals surface area contributed by atoms with E-state index in [1.165, 1.54) is 6.42 Å². The Bertz CT molecular complexity index is 457. The van der Waals surface area contributed by atoms with E-state index < -0.39 is 5.97 Å². The fourth-order valence-corrected chi connectivity index (χ4v) is 2.85. The lowest BCUT2D eigenvalue weighted by Crippen LogP contribution is -2.43. The van der Waals surface area contributed by atoms with Gasteiger partial charge in [0.05, 0.1) is 11.7 Å². The molecule has 0 spiro atoms. The number of benzene rings is 1. The Balaban J connectivity index is 1.84. The maximum atomic E-state index is 10.8. The number of hydrogen-bond acceptors (Lipinski definition) is 3. The van der Waals surface area contributed by atoms with E-state index >= 15 is 0 Å². The van der Waals surface area contributed by atoms with E-state index in [0.717, 1.165) is 31.4 Å². The molecule has 3 N–H and O–H groups in total. The van der Waals surface area contributed by atoms with Gasteiger partial charge in [-0.1, -0.05) is 31.9 Å². The molecule has 1 aromatic rings. The zero-order valence-corrected chi connectivity index (χ0v) is 11.9. The average Bonchev–Trinajstić information content (AvgIpc) is 2.43. The van der Waals surface area contributed by atoms with Gasteiger partial charge in [0, 0.05) is 18.5 Å². The Kier molecular flexibility index (Phi) is 4.78. The second kappa shape index (κ2) is 6.37. The Morgan fingerprint density at radius 1 is 1.35 bits per heavy atom. The molecule has 1 fully saturated rings. The third-order valence-electron chi connectivity index (χ3n) is 4.34. The van der Waals surface area contributed by atoms with Crippen molar-refractivity contribution in [3.63, 3.8) is 0 Å². The molecule has 20 heavy (non-hydrogen) atoms. The Labute approximate surface area is 119 Å². The largest absolute Gasteiger partial charge is 0.478 e. The normalized spacial score (nSPS) is 26.4. The van der Waals surface area contributed by atoms with Crippen LogP contribution in [0.2, 0.25) is 0 Å². The molecule has 1 aromatic carbocycles. The number of carbonyl (C=O) groups is 1. The van der Waals surface area contributed by atoms with E-state index in [0.29, 0.717) is 12.1 Å². The predicted octanol–water partition coefficient (Wildman–Crippen LogP) is 2.42. The number of hydrogen-bond donors (Lipinski definition) is 3. The van der Waals surface area contributed by atoms with Crippen molar-refractivity contribution in [2.24, 2.45) is 5.41 Å². The summed E-state index contributed by atoms with van der Waals surface area (Å²) in [6, 6.07) is 6.90. The SMILES string of the molecule is CC1(CNCc2ccc(C(=O)O)cc2)CCCCC1O. The molecule has 2 atom stereocenters. The van der Waals surface area contributed by atoms with Crippen LogP contribution in [0.3, 0.4) is 0 Å². The Morgan fingerprint density at radius 2 is 2.05 bits per heavy atom. The Morgan fingerprint density at radius 3 is 2.65 bits per heavy atom. The highest BCUT2D eigenvalue weighted by atomic mass is 16.4. The molecule has 1 saturated carbocycles. The standard InChI is InChI=1S/C16H23NO3/c1-16(9-3-2-4-14(16)18)11-17-10-12-5-7-13(8-6-12)15(19)20/h5-8,14,17-18H,2-4,9-11H2,1H3,(H,19,20). The van der Waals surface area contributed by atoms with Gasteiger partial charge in [-0.25, -0.2) is 4.79 Å². The molecular weight excluding hydrogens is 254 g/mol. The van der Waals surface area contributed by atoms with Gasteiger partial charge in [-0.3, -0.25) is 0 Å². The van der Waals surface area contributed by atoms with Crippen molar-refractivity contribution in [2.45, 2.75) is 45.3 Å². The third kappa shape index (κ3) is 3.58. The molecule has 2 unspecified atom stereocenters. The van der Waals surface area contributed by atoms with E-state index in [9.17, 15) is 9.90 Å². The first-order valence-corrected chi connectivity index (χ1v) is 7.22. The minimum Gasteiger partial charge on any atom is -0.478 e. The molecule has 1 aliphatic carbocycles. The maximum absolute atomic E-state index is 10.8. The first-order chi connectivity index (χ1) is 9.51. The molecular formula is C16H23NO3. The molecule has 0 heterocycles. The van der Waals surface area contributed by atoms with Crippen molar-refractivity contribution in [1.82, 2.24) is 5.32 Å². The minimum atomic E-state index is -0.901. The summed E-state index contributed by atoms with van der Waals surface area (Å²) in [7, 11) is 0. The van der Waals surface area contributed by atoms with E-state index in [-0.39, 0.29) is 11.5 Å². The fraction of sp³-hybridized carbons (Fsp3) is 0.562. The minimum absolute atomic E-state index is 0.0424. The molecule has 0 saturated heterocycles. The van der Waals surface area contributed by atoms with Gasteiger partial charge < -0.3 is 15.5 Å². The monoisotopic (exact) mass is 277 g/mol. The number of carboxylic acid groups (broad SMARTS) is 1. The average molecular weight is 277 g/mol. The molecule has 0 aromatic heterocycles. The second-order valence-corrected chi connectivity index (χ2v) is 6.02. The van der Waals surface area contributed by atoms with Crippen LogP contribution >= 0.6 is 0 Å². The highest BCUT2D eigenvalue weighted by Gasteiger charge is 2.34. The van der Waals surface area contributed by atoms with Crippen LogP contribution in [-0.4, -0.2) is 28.8 Å². The van der Waals surface area contributed by atoms with Crippen molar-refractivity contribution in [3.8, 4) is 0 Å². The molecule has 4 nitrogen and oxygen atoms in total. The van der Waals surface area contributed by atoms with Gasteiger partial charge in [0.1, 0.15) is 0 Å². The molecule has 2 rings (SSSR count). The van der Waals surface area contributed by atoms with Crippen molar-refractivity contribution in [2.75, 3.05) is 6.54 Å². The zero-order valence-electron chi connectivity index (χ0n) is 11.9. The number of rotatable bonds is 5. The third-order valence-corrected chi connectivity index (χ3v) is 4.34. The van der Waals surface area contributed by atoms with Gasteiger partial charge >= 0.3 is 5.97 Å². The van der Waals surface area contributed by atoms with E-state index in [4.69, 9.17) is 5.11 Å². The number of aliphatic hydroxyl groups is 1. The van der Waals surface area contributed by atoms with Crippen LogP contribution in [0.5, 0.6) is 0 Å². The van der Waals surface area contributed by atoms with Crippen LogP contribution in [0.25, 0.3) is 0 Å². The van der Waals surface area contributed by atoms with E-state index in [2.05, 4.69) is 12.2 Å². The van der Waals surface area contributed by atoms with Crippen molar-refractivity contribution < 1.29 is 15.0 Å². The lowest BCUT2D eigenvalue weighted by Gasteiger charge is -2.38. The molecule has 0 bridgehead atoms. The summed E-state index contributed by atoms with van der Waals surface area (Å²) < 4.78 is 0. The summed E-state index contributed by atoms with van der Waals surface area (Å²) in [5, 5.41) is 22.3. The van der Waals surface area contributed by atoms with Gasteiger partial charge in [-0.15, -0.1) is 0 Å². The highest BCUT2D eigenvalue weighted by molar-refractivity contribution is 5.87. The predicted molar refractivity (Wildman–Crippen MR) is 77.7 cm³/mol. The molecule has 4 heteroatoms.